The molecule has 0 saturated carbocycles. The van der Waals surface area contributed by atoms with Crippen LogP contribution in [0.3, 0.4) is 0 Å². The Morgan fingerprint density at radius 2 is 1.56 bits per heavy atom. The second-order valence-electron chi connectivity index (χ2n) is 3.24. The monoisotopic (exact) mass is 264 g/mol. The maximum Gasteiger partial charge on any atom is 0.295 e. The van der Waals surface area contributed by atoms with Gasteiger partial charge in [-0.05, 0) is 18.6 Å². The highest BCUT2D eigenvalue weighted by Crippen LogP contribution is 2.21. The van der Waals surface area contributed by atoms with E-state index < -0.39 is 24.9 Å². The third kappa shape index (κ3) is 2.81. The molecule has 0 spiro atoms. The molecule has 0 radical (unpaired) electrons. The SMILES string of the molecule is CCCS(=O)(=O)c1ccccc1S(=O)(=O)O. The van der Waals surface area contributed by atoms with E-state index in [0.717, 1.165) is 6.07 Å². The summed E-state index contributed by atoms with van der Waals surface area (Å²) >= 11 is 0. The smallest absolute Gasteiger partial charge is 0.282 e. The van der Waals surface area contributed by atoms with Gasteiger partial charge in [0.05, 0.1) is 10.6 Å². The minimum Gasteiger partial charge on any atom is -0.282 e. The predicted octanol–water partition coefficient (Wildman–Crippen LogP) is 1.12. The quantitative estimate of drug-likeness (QED) is 0.823. The standard InChI is InChI=1S/C9H12O5S2/c1-2-7-15(10,11)8-5-3-4-6-9(8)16(12,13)14/h3-6H,2,7H2,1H3,(H,12,13,14). The van der Waals surface area contributed by atoms with Crippen molar-refractivity contribution in [3.8, 4) is 0 Å². The zero-order valence-electron chi connectivity index (χ0n) is 8.62. The molecule has 1 N–H and O–H groups in total. The van der Waals surface area contributed by atoms with Crippen molar-refractivity contribution in [3.05, 3.63) is 24.3 Å². The number of rotatable bonds is 4. The Bertz CT molecular complexity index is 572. The zero-order valence-corrected chi connectivity index (χ0v) is 10.3. The van der Waals surface area contributed by atoms with E-state index in [9.17, 15) is 16.8 Å². The van der Waals surface area contributed by atoms with E-state index in [1.807, 2.05) is 0 Å². The molecule has 0 aliphatic heterocycles. The average Bonchev–Trinajstić information content (AvgIpc) is 2.16. The van der Waals surface area contributed by atoms with Crippen LogP contribution in [0.2, 0.25) is 0 Å². The summed E-state index contributed by atoms with van der Waals surface area (Å²) in [6, 6.07) is 5.01. The molecule has 0 amide bonds. The molecule has 0 saturated heterocycles. The minimum atomic E-state index is -4.51. The van der Waals surface area contributed by atoms with E-state index in [4.69, 9.17) is 4.55 Å². The highest BCUT2D eigenvalue weighted by atomic mass is 32.2. The highest BCUT2D eigenvalue weighted by Gasteiger charge is 2.23. The fourth-order valence-corrected chi connectivity index (χ4v) is 3.99. The molecule has 0 bridgehead atoms. The molecule has 16 heavy (non-hydrogen) atoms. The van der Waals surface area contributed by atoms with Crippen molar-refractivity contribution < 1.29 is 21.4 Å². The molecule has 90 valence electrons. The molecule has 1 aromatic carbocycles. The van der Waals surface area contributed by atoms with Crippen molar-refractivity contribution in [1.82, 2.24) is 0 Å². The van der Waals surface area contributed by atoms with Crippen LogP contribution >= 0.6 is 0 Å². The number of hydrogen-bond donors (Lipinski definition) is 1. The van der Waals surface area contributed by atoms with Gasteiger partial charge in [0.25, 0.3) is 10.1 Å². The van der Waals surface area contributed by atoms with Gasteiger partial charge >= 0.3 is 0 Å². The van der Waals surface area contributed by atoms with Crippen LogP contribution in [0, 0.1) is 0 Å². The first-order valence-electron chi connectivity index (χ1n) is 4.58. The van der Waals surface area contributed by atoms with E-state index in [-0.39, 0.29) is 10.6 Å². The Hall–Kier alpha value is -0.920. The van der Waals surface area contributed by atoms with Crippen molar-refractivity contribution in [2.45, 2.75) is 23.1 Å². The highest BCUT2D eigenvalue weighted by molar-refractivity contribution is 7.92. The Balaban J connectivity index is 3.48. The Labute approximate surface area is 94.8 Å². The first-order chi connectivity index (χ1) is 7.29. The molecule has 7 heteroatoms. The first kappa shape index (κ1) is 13.1. The largest absolute Gasteiger partial charge is 0.295 e. The lowest BCUT2D eigenvalue weighted by Crippen LogP contribution is -2.11. The molecular weight excluding hydrogens is 252 g/mol. The van der Waals surface area contributed by atoms with Crippen molar-refractivity contribution in [3.63, 3.8) is 0 Å². The van der Waals surface area contributed by atoms with Gasteiger partial charge in [0.15, 0.2) is 9.84 Å². The maximum absolute atomic E-state index is 11.7. The first-order valence-corrected chi connectivity index (χ1v) is 7.67. The van der Waals surface area contributed by atoms with Gasteiger partial charge in [-0.3, -0.25) is 4.55 Å². The third-order valence-corrected chi connectivity index (χ3v) is 4.95. The van der Waals surface area contributed by atoms with Gasteiger partial charge in [-0.1, -0.05) is 19.1 Å². The Morgan fingerprint density at radius 1 is 1.06 bits per heavy atom. The lowest BCUT2D eigenvalue weighted by atomic mass is 10.4. The summed E-state index contributed by atoms with van der Waals surface area (Å²) in [6.45, 7) is 1.67. The summed E-state index contributed by atoms with van der Waals surface area (Å²) in [5, 5.41) is 0. The average molecular weight is 264 g/mol. The molecule has 0 aromatic heterocycles. The number of hydrogen-bond acceptors (Lipinski definition) is 4. The van der Waals surface area contributed by atoms with E-state index in [1.165, 1.54) is 18.2 Å². The molecule has 0 aliphatic rings. The van der Waals surface area contributed by atoms with E-state index in [1.54, 1.807) is 6.92 Å². The second-order valence-corrected chi connectivity index (χ2v) is 6.71. The van der Waals surface area contributed by atoms with Crippen LogP contribution in [0.4, 0.5) is 0 Å². The summed E-state index contributed by atoms with van der Waals surface area (Å²) in [7, 11) is -8.18. The second kappa shape index (κ2) is 4.52. The molecule has 0 aliphatic carbocycles. The van der Waals surface area contributed by atoms with Crippen molar-refractivity contribution in [2.75, 3.05) is 5.75 Å². The third-order valence-electron chi connectivity index (χ3n) is 1.93. The molecule has 0 heterocycles. The van der Waals surface area contributed by atoms with Crippen LogP contribution in [0.15, 0.2) is 34.1 Å². The van der Waals surface area contributed by atoms with Crippen LogP contribution < -0.4 is 0 Å². The fourth-order valence-electron chi connectivity index (χ4n) is 1.30. The summed E-state index contributed by atoms with van der Waals surface area (Å²) in [5.74, 6) is -0.153. The summed E-state index contributed by atoms with van der Waals surface area (Å²) < 4.78 is 54.3. The van der Waals surface area contributed by atoms with E-state index >= 15 is 0 Å². The van der Waals surface area contributed by atoms with E-state index in [0.29, 0.717) is 6.42 Å². The summed E-state index contributed by atoms with van der Waals surface area (Å²) in [6.07, 6.45) is 0.377. The number of benzene rings is 1. The molecule has 0 atom stereocenters. The molecular formula is C9H12O5S2. The lowest BCUT2D eigenvalue weighted by Gasteiger charge is -2.06. The number of sulfone groups is 1. The topological polar surface area (TPSA) is 88.5 Å². The normalized spacial score (nSPS) is 12.6. The van der Waals surface area contributed by atoms with Crippen LogP contribution in [-0.4, -0.2) is 27.1 Å². The molecule has 1 aromatic rings. The minimum absolute atomic E-state index is 0.153. The fraction of sp³-hybridized carbons (Fsp3) is 0.333. The van der Waals surface area contributed by atoms with Gasteiger partial charge < -0.3 is 0 Å². The maximum atomic E-state index is 11.7. The van der Waals surface area contributed by atoms with E-state index in [2.05, 4.69) is 0 Å². The Morgan fingerprint density at radius 3 is 2.00 bits per heavy atom. The molecule has 5 nitrogen and oxygen atoms in total. The zero-order chi connectivity index (χ0) is 12.4. The van der Waals surface area contributed by atoms with Gasteiger partial charge in [-0.15, -0.1) is 0 Å². The van der Waals surface area contributed by atoms with Crippen molar-refractivity contribution in [1.29, 1.82) is 0 Å². The molecule has 1 rings (SSSR count). The molecule has 0 unspecified atom stereocenters. The Kier molecular flexibility index (Phi) is 3.72. The van der Waals surface area contributed by atoms with Crippen molar-refractivity contribution >= 4 is 20.0 Å². The van der Waals surface area contributed by atoms with Crippen LogP contribution in [-0.2, 0) is 20.0 Å². The lowest BCUT2D eigenvalue weighted by molar-refractivity contribution is 0.479. The van der Waals surface area contributed by atoms with Gasteiger partial charge in [0.1, 0.15) is 4.90 Å². The molecule has 0 fully saturated rings. The van der Waals surface area contributed by atoms with Crippen LogP contribution in [0.1, 0.15) is 13.3 Å². The van der Waals surface area contributed by atoms with Crippen LogP contribution in [0.5, 0.6) is 0 Å². The van der Waals surface area contributed by atoms with Gasteiger partial charge in [0, 0.05) is 0 Å². The van der Waals surface area contributed by atoms with Crippen molar-refractivity contribution in [2.24, 2.45) is 0 Å². The van der Waals surface area contributed by atoms with Gasteiger partial charge in [-0.25, -0.2) is 8.42 Å². The van der Waals surface area contributed by atoms with Gasteiger partial charge in [0.2, 0.25) is 0 Å². The summed E-state index contributed by atoms with van der Waals surface area (Å²) in [4.78, 5) is -0.914. The van der Waals surface area contributed by atoms with Gasteiger partial charge in [-0.2, -0.15) is 8.42 Å². The van der Waals surface area contributed by atoms with Crippen LogP contribution in [0.25, 0.3) is 0 Å². The summed E-state index contributed by atoms with van der Waals surface area (Å²) in [5.41, 5.74) is 0. The predicted molar refractivity (Wildman–Crippen MR) is 58.6 cm³/mol.